The first-order chi connectivity index (χ1) is 8.57. The van der Waals surface area contributed by atoms with Crippen molar-refractivity contribution in [3.05, 3.63) is 36.0 Å². The zero-order valence-corrected chi connectivity index (χ0v) is 10.0. The van der Waals surface area contributed by atoms with Crippen LogP contribution in [-0.4, -0.2) is 16.6 Å². The number of pyridine rings is 1. The lowest BCUT2D eigenvalue weighted by molar-refractivity contribution is -0.122. The highest BCUT2D eigenvalue weighted by atomic mass is 19.1. The second kappa shape index (κ2) is 3.77. The number of nitrogens with one attached hydrogen (secondary N) is 1. The minimum absolute atomic E-state index is 0.327. The maximum Gasteiger partial charge on any atom is 0.262 e. The van der Waals surface area contributed by atoms with Crippen molar-refractivity contribution < 1.29 is 9.18 Å². The van der Waals surface area contributed by atoms with Crippen LogP contribution in [0.2, 0.25) is 0 Å². The molecule has 3 nitrogen and oxygen atoms in total. The molecule has 1 aliphatic carbocycles. The number of fused-ring (bicyclic) bond motifs is 1. The third-order valence-corrected chi connectivity index (χ3v) is 3.18. The van der Waals surface area contributed by atoms with Crippen molar-refractivity contribution in [2.24, 2.45) is 0 Å². The summed E-state index contributed by atoms with van der Waals surface area (Å²) in [5.74, 6) is -0.540. The molecule has 0 atom stereocenters. The maximum atomic E-state index is 13.5. The minimum Gasteiger partial charge on any atom is -0.323 e. The van der Waals surface area contributed by atoms with Crippen LogP contribution in [-0.2, 0) is 4.79 Å². The first-order valence-corrected chi connectivity index (χ1v) is 5.95. The predicted octanol–water partition coefficient (Wildman–Crippen LogP) is 2.98. The molecule has 1 amide bonds. The van der Waals surface area contributed by atoms with E-state index < -0.39 is 11.6 Å². The molecule has 1 N–H and O–H groups in total. The van der Waals surface area contributed by atoms with E-state index in [0.717, 1.165) is 16.6 Å². The molecule has 3 rings (SSSR count). The van der Waals surface area contributed by atoms with Gasteiger partial charge in [0, 0.05) is 16.8 Å². The number of anilines is 1. The van der Waals surface area contributed by atoms with Gasteiger partial charge in [0.15, 0.2) is 5.67 Å². The third-order valence-electron chi connectivity index (χ3n) is 3.18. The molecule has 4 heteroatoms. The summed E-state index contributed by atoms with van der Waals surface area (Å²) in [7, 11) is 0. The van der Waals surface area contributed by atoms with E-state index in [2.05, 4.69) is 10.3 Å². The van der Waals surface area contributed by atoms with Crippen LogP contribution in [0.1, 0.15) is 18.5 Å². The number of amides is 1. The van der Waals surface area contributed by atoms with Gasteiger partial charge in [0.2, 0.25) is 0 Å². The zero-order valence-electron chi connectivity index (χ0n) is 10.0. The van der Waals surface area contributed by atoms with E-state index in [4.69, 9.17) is 0 Å². The smallest absolute Gasteiger partial charge is 0.262 e. The number of halogens is 1. The highest BCUT2D eigenvalue weighted by molar-refractivity contribution is 6.00. The Bertz CT molecular complexity index is 635. The third kappa shape index (κ3) is 1.94. The van der Waals surface area contributed by atoms with E-state index >= 15 is 0 Å². The first-order valence-electron chi connectivity index (χ1n) is 5.95. The fourth-order valence-corrected chi connectivity index (χ4v) is 1.89. The number of nitrogens with zero attached hydrogens (tertiary/aromatic N) is 1. The van der Waals surface area contributed by atoms with Gasteiger partial charge in [-0.2, -0.15) is 0 Å². The van der Waals surface area contributed by atoms with E-state index in [-0.39, 0.29) is 0 Å². The number of aryl methyl sites for hydroxylation is 1. The van der Waals surface area contributed by atoms with Gasteiger partial charge in [-0.1, -0.05) is 6.07 Å². The number of benzene rings is 1. The van der Waals surface area contributed by atoms with Gasteiger partial charge in [-0.25, -0.2) is 4.39 Å². The van der Waals surface area contributed by atoms with Crippen LogP contribution in [0, 0.1) is 6.92 Å². The number of aromatic nitrogens is 1. The zero-order chi connectivity index (χ0) is 12.8. The molecule has 1 fully saturated rings. The van der Waals surface area contributed by atoms with Gasteiger partial charge in [-0.05, 0) is 44.0 Å². The molecular weight excluding hydrogens is 231 g/mol. The van der Waals surface area contributed by atoms with Crippen molar-refractivity contribution in [3.8, 4) is 0 Å². The average Bonchev–Trinajstić information content (AvgIpc) is 3.09. The number of alkyl halides is 1. The molecule has 92 valence electrons. The number of hydrogen-bond acceptors (Lipinski definition) is 2. The van der Waals surface area contributed by atoms with Crippen LogP contribution in [0.4, 0.5) is 10.1 Å². The molecule has 2 aromatic rings. The molecule has 1 heterocycles. The molecule has 1 aliphatic rings. The largest absolute Gasteiger partial charge is 0.323 e. The Morgan fingerprint density at radius 3 is 2.83 bits per heavy atom. The van der Waals surface area contributed by atoms with Crippen LogP contribution in [0.3, 0.4) is 0 Å². The quantitative estimate of drug-likeness (QED) is 0.882. The molecule has 0 radical (unpaired) electrons. The molecule has 1 aromatic carbocycles. The lowest BCUT2D eigenvalue weighted by atomic mass is 10.2. The van der Waals surface area contributed by atoms with Crippen molar-refractivity contribution in [3.63, 3.8) is 0 Å². The van der Waals surface area contributed by atoms with Crippen LogP contribution in [0.25, 0.3) is 10.9 Å². The first kappa shape index (κ1) is 11.1. The average molecular weight is 244 g/mol. The summed E-state index contributed by atoms with van der Waals surface area (Å²) in [6.45, 7) is 1.93. The monoisotopic (exact) mass is 244 g/mol. The lowest BCUT2D eigenvalue weighted by Gasteiger charge is -2.08. The fourth-order valence-electron chi connectivity index (χ4n) is 1.89. The molecule has 0 aliphatic heterocycles. The predicted molar refractivity (Wildman–Crippen MR) is 68.2 cm³/mol. The van der Waals surface area contributed by atoms with E-state index in [1.54, 1.807) is 6.07 Å². The molecule has 1 aromatic heterocycles. The molecule has 0 spiro atoms. The maximum absolute atomic E-state index is 13.5. The van der Waals surface area contributed by atoms with Gasteiger partial charge < -0.3 is 5.32 Å². The fraction of sp³-hybridized carbons (Fsp3) is 0.286. The van der Waals surface area contributed by atoms with E-state index in [9.17, 15) is 9.18 Å². The second-order valence-corrected chi connectivity index (χ2v) is 4.78. The molecule has 18 heavy (non-hydrogen) atoms. The highest BCUT2D eigenvalue weighted by Crippen LogP contribution is 2.40. The Morgan fingerprint density at radius 2 is 2.11 bits per heavy atom. The lowest BCUT2D eigenvalue weighted by Crippen LogP contribution is -2.25. The van der Waals surface area contributed by atoms with Crippen molar-refractivity contribution in [2.75, 3.05) is 5.32 Å². The van der Waals surface area contributed by atoms with E-state index in [1.165, 1.54) is 0 Å². The Labute approximate surface area is 104 Å². The standard InChI is InChI=1S/C14H13FN2O/c1-9-2-3-10-8-11(4-5-12(10)16-9)17-13(18)14(15)6-7-14/h2-5,8H,6-7H2,1H3,(H,17,18). The topological polar surface area (TPSA) is 42.0 Å². The number of rotatable bonds is 2. The van der Waals surface area contributed by atoms with Gasteiger partial charge >= 0.3 is 0 Å². The second-order valence-electron chi connectivity index (χ2n) is 4.78. The van der Waals surface area contributed by atoms with Crippen molar-refractivity contribution >= 4 is 22.5 Å². The van der Waals surface area contributed by atoms with Crippen LogP contribution >= 0.6 is 0 Å². The van der Waals surface area contributed by atoms with Crippen molar-refractivity contribution in [1.82, 2.24) is 4.98 Å². The summed E-state index contributed by atoms with van der Waals surface area (Å²) in [5.41, 5.74) is 0.789. The number of carbonyl (C=O) groups is 1. The summed E-state index contributed by atoms with van der Waals surface area (Å²) in [4.78, 5) is 16.0. The van der Waals surface area contributed by atoms with E-state index in [1.807, 2.05) is 31.2 Å². The Balaban J connectivity index is 1.89. The van der Waals surface area contributed by atoms with Gasteiger partial charge in [0.05, 0.1) is 5.52 Å². The van der Waals surface area contributed by atoms with E-state index in [0.29, 0.717) is 18.5 Å². The van der Waals surface area contributed by atoms with Gasteiger partial charge in [-0.3, -0.25) is 9.78 Å². The van der Waals surface area contributed by atoms with Gasteiger partial charge in [0.25, 0.3) is 5.91 Å². The Hall–Kier alpha value is -1.97. The summed E-state index contributed by atoms with van der Waals surface area (Å²) in [6, 6.07) is 9.24. The Morgan fingerprint density at radius 1 is 1.33 bits per heavy atom. The molecular formula is C14H13FN2O. The van der Waals surface area contributed by atoms with Gasteiger partial charge in [0.1, 0.15) is 0 Å². The summed E-state index contributed by atoms with van der Waals surface area (Å²) in [5, 5.41) is 3.54. The Kier molecular flexibility index (Phi) is 2.33. The highest BCUT2D eigenvalue weighted by Gasteiger charge is 2.50. The normalized spacial score (nSPS) is 16.6. The van der Waals surface area contributed by atoms with Crippen LogP contribution in [0.5, 0.6) is 0 Å². The van der Waals surface area contributed by atoms with Crippen LogP contribution < -0.4 is 5.32 Å². The molecule has 0 bridgehead atoms. The summed E-state index contributed by atoms with van der Waals surface area (Å²) in [6.07, 6.45) is 0.653. The SMILES string of the molecule is Cc1ccc2cc(NC(=O)C3(F)CC3)ccc2n1. The molecule has 0 saturated heterocycles. The summed E-state index contributed by atoms with van der Waals surface area (Å²) >= 11 is 0. The number of carbonyl (C=O) groups excluding carboxylic acids is 1. The summed E-state index contributed by atoms with van der Waals surface area (Å²) < 4.78 is 13.5. The van der Waals surface area contributed by atoms with Crippen LogP contribution in [0.15, 0.2) is 30.3 Å². The number of hydrogen-bond donors (Lipinski definition) is 1. The van der Waals surface area contributed by atoms with Crippen molar-refractivity contribution in [2.45, 2.75) is 25.4 Å². The van der Waals surface area contributed by atoms with Gasteiger partial charge in [-0.15, -0.1) is 0 Å². The molecule has 1 saturated carbocycles. The minimum atomic E-state index is -1.64. The van der Waals surface area contributed by atoms with Crippen molar-refractivity contribution in [1.29, 1.82) is 0 Å². The molecule has 0 unspecified atom stereocenters.